The van der Waals surface area contributed by atoms with Crippen molar-refractivity contribution in [3.05, 3.63) is 72.2 Å². The fraction of sp³-hybridized carbons (Fsp3) is 0.176. The Morgan fingerprint density at radius 3 is 2.71 bits per heavy atom. The second-order valence-electron chi connectivity index (χ2n) is 5.40. The molecule has 0 radical (unpaired) electrons. The maximum Gasteiger partial charge on any atom is 0.221 e. The number of fused-ring (bicyclic) bond motifs is 1. The molecule has 0 saturated carbocycles. The highest BCUT2D eigenvalue weighted by molar-refractivity contribution is 5.80. The lowest BCUT2D eigenvalue weighted by Crippen LogP contribution is -2.20. The molecule has 1 N–H and O–H groups in total. The Hall–Kier alpha value is -2.62. The molecule has 1 aliphatic rings. The number of nitrogens with one attached hydrogen (secondary N) is 1. The predicted octanol–water partition coefficient (Wildman–Crippen LogP) is 2.68. The summed E-state index contributed by atoms with van der Waals surface area (Å²) >= 11 is 0. The summed E-state index contributed by atoms with van der Waals surface area (Å²) < 4.78 is 2.00. The molecule has 2 unspecified atom stereocenters. The van der Waals surface area contributed by atoms with E-state index < -0.39 is 0 Å². The van der Waals surface area contributed by atoms with Crippen LogP contribution in [0.2, 0.25) is 0 Å². The molecule has 0 bridgehead atoms. The molecule has 3 aromatic rings. The Morgan fingerprint density at radius 2 is 1.90 bits per heavy atom. The van der Waals surface area contributed by atoms with Crippen molar-refractivity contribution in [1.82, 2.24) is 14.7 Å². The summed E-state index contributed by atoms with van der Waals surface area (Å²) in [6.07, 6.45) is 4.49. The number of carbonyl (C=O) groups excluding carboxylic acids is 1. The van der Waals surface area contributed by atoms with E-state index in [1.165, 1.54) is 0 Å². The Bertz CT molecular complexity index is 761. The van der Waals surface area contributed by atoms with Crippen LogP contribution in [-0.4, -0.2) is 15.3 Å². The van der Waals surface area contributed by atoms with E-state index in [9.17, 15) is 4.79 Å². The number of pyridine rings is 1. The molecule has 1 aliphatic heterocycles. The molecule has 21 heavy (non-hydrogen) atoms. The first-order valence-corrected chi connectivity index (χ1v) is 7.09. The van der Waals surface area contributed by atoms with Crippen LogP contribution in [-0.2, 0) is 4.79 Å². The van der Waals surface area contributed by atoms with Crippen molar-refractivity contribution < 1.29 is 4.79 Å². The lowest BCUT2D eigenvalue weighted by molar-refractivity contribution is -0.119. The number of rotatable bonds is 2. The number of hydrogen-bond acceptors (Lipinski definition) is 2. The summed E-state index contributed by atoms with van der Waals surface area (Å²) in [5.41, 5.74) is 3.01. The van der Waals surface area contributed by atoms with Gasteiger partial charge in [-0.3, -0.25) is 4.79 Å². The molecule has 2 aromatic heterocycles. The second-order valence-corrected chi connectivity index (χ2v) is 5.40. The van der Waals surface area contributed by atoms with Gasteiger partial charge in [0.2, 0.25) is 5.91 Å². The van der Waals surface area contributed by atoms with Crippen molar-refractivity contribution in [2.75, 3.05) is 0 Å². The van der Waals surface area contributed by atoms with E-state index in [4.69, 9.17) is 0 Å². The van der Waals surface area contributed by atoms with Crippen molar-refractivity contribution in [3.63, 3.8) is 0 Å². The van der Waals surface area contributed by atoms with Crippen LogP contribution in [0.1, 0.15) is 29.6 Å². The van der Waals surface area contributed by atoms with Crippen molar-refractivity contribution in [2.24, 2.45) is 0 Å². The van der Waals surface area contributed by atoms with E-state index in [1.54, 1.807) is 0 Å². The van der Waals surface area contributed by atoms with Gasteiger partial charge in [0.15, 0.2) is 0 Å². The smallest absolute Gasteiger partial charge is 0.221 e. The third kappa shape index (κ3) is 2.09. The molecule has 1 saturated heterocycles. The maximum atomic E-state index is 11.9. The van der Waals surface area contributed by atoms with E-state index in [2.05, 4.69) is 22.4 Å². The van der Waals surface area contributed by atoms with Crippen molar-refractivity contribution >= 4 is 11.6 Å². The molecule has 1 fully saturated rings. The molecular weight excluding hydrogens is 262 g/mol. The third-order valence-corrected chi connectivity index (χ3v) is 4.05. The number of amides is 1. The van der Waals surface area contributed by atoms with Gasteiger partial charge in [-0.25, -0.2) is 4.98 Å². The summed E-state index contributed by atoms with van der Waals surface area (Å²) in [6.45, 7) is 0. The quantitative estimate of drug-likeness (QED) is 0.783. The van der Waals surface area contributed by atoms with Crippen LogP contribution in [0.5, 0.6) is 0 Å². The van der Waals surface area contributed by atoms with Gasteiger partial charge in [0, 0.05) is 24.7 Å². The highest BCUT2D eigenvalue weighted by Crippen LogP contribution is 2.37. The number of benzene rings is 1. The molecule has 0 spiro atoms. The average Bonchev–Trinajstić information content (AvgIpc) is 3.11. The first-order valence-electron chi connectivity index (χ1n) is 7.09. The Kier molecular flexibility index (Phi) is 2.74. The maximum absolute atomic E-state index is 11.9. The number of nitrogens with zero attached hydrogens (tertiary/aromatic N) is 2. The molecule has 4 heteroatoms. The third-order valence-electron chi connectivity index (χ3n) is 4.05. The van der Waals surface area contributed by atoms with Crippen LogP contribution in [0, 0.1) is 0 Å². The Balaban J connectivity index is 1.76. The van der Waals surface area contributed by atoms with Gasteiger partial charge < -0.3 is 9.72 Å². The summed E-state index contributed by atoms with van der Waals surface area (Å²) in [5, 5.41) is 3.07. The summed E-state index contributed by atoms with van der Waals surface area (Å²) in [5.74, 6) is 0.172. The van der Waals surface area contributed by atoms with Crippen LogP contribution in [0.3, 0.4) is 0 Å². The largest absolute Gasteiger partial charge is 0.349 e. The predicted molar refractivity (Wildman–Crippen MR) is 79.9 cm³/mol. The number of carbonyl (C=O) groups is 1. The zero-order valence-corrected chi connectivity index (χ0v) is 11.4. The van der Waals surface area contributed by atoms with E-state index >= 15 is 0 Å². The fourth-order valence-electron chi connectivity index (χ4n) is 3.03. The van der Waals surface area contributed by atoms with Crippen LogP contribution in [0.4, 0.5) is 0 Å². The van der Waals surface area contributed by atoms with E-state index in [1.807, 2.05) is 53.2 Å². The minimum Gasteiger partial charge on any atom is -0.349 e. The minimum absolute atomic E-state index is 0.00334. The van der Waals surface area contributed by atoms with Gasteiger partial charge in [-0.15, -0.1) is 0 Å². The highest BCUT2D eigenvalue weighted by Gasteiger charge is 2.35. The van der Waals surface area contributed by atoms with Gasteiger partial charge >= 0.3 is 0 Å². The number of aromatic nitrogens is 2. The lowest BCUT2D eigenvalue weighted by Gasteiger charge is -2.17. The van der Waals surface area contributed by atoms with Crippen molar-refractivity contribution in [1.29, 1.82) is 0 Å². The Morgan fingerprint density at radius 1 is 1.10 bits per heavy atom. The minimum atomic E-state index is 0.00334. The van der Waals surface area contributed by atoms with Gasteiger partial charge in [0.25, 0.3) is 0 Å². The normalized spacial score (nSPS) is 21.6. The van der Waals surface area contributed by atoms with Crippen LogP contribution < -0.4 is 5.32 Å². The molecule has 1 amide bonds. The zero-order valence-electron chi connectivity index (χ0n) is 11.4. The summed E-state index contributed by atoms with van der Waals surface area (Å²) in [4.78, 5) is 16.6. The Labute approximate surface area is 122 Å². The topological polar surface area (TPSA) is 46.4 Å². The highest BCUT2D eigenvalue weighted by atomic mass is 16.2. The fourth-order valence-corrected chi connectivity index (χ4v) is 3.03. The number of imidazole rings is 1. The molecule has 4 nitrogen and oxygen atoms in total. The average molecular weight is 277 g/mol. The standard InChI is InChI=1S/C17H15N3O/c21-16-10-13(17(19-16)12-6-2-1-3-7-12)14-11-20-9-5-4-8-15(20)18-14/h1-9,11,13,17H,10H2,(H,19,21). The lowest BCUT2D eigenvalue weighted by atomic mass is 9.92. The van der Waals surface area contributed by atoms with Crippen LogP contribution in [0.25, 0.3) is 5.65 Å². The van der Waals surface area contributed by atoms with E-state index in [0.717, 1.165) is 16.9 Å². The SMILES string of the molecule is O=C1CC(c2cn3ccccc3n2)C(c2ccccc2)N1. The van der Waals surface area contributed by atoms with E-state index in [-0.39, 0.29) is 17.9 Å². The zero-order chi connectivity index (χ0) is 14.2. The van der Waals surface area contributed by atoms with Gasteiger partial charge in [-0.1, -0.05) is 36.4 Å². The molecule has 2 atom stereocenters. The van der Waals surface area contributed by atoms with Gasteiger partial charge in [-0.05, 0) is 17.7 Å². The van der Waals surface area contributed by atoms with Gasteiger partial charge in [0.1, 0.15) is 5.65 Å². The molecule has 3 heterocycles. The van der Waals surface area contributed by atoms with Gasteiger partial charge in [-0.2, -0.15) is 0 Å². The van der Waals surface area contributed by atoms with Crippen molar-refractivity contribution in [3.8, 4) is 0 Å². The molecule has 4 rings (SSSR count). The van der Waals surface area contributed by atoms with E-state index in [0.29, 0.717) is 6.42 Å². The number of hydrogen-bond donors (Lipinski definition) is 1. The molecular formula is C17H15N3O. The second kappa shape index (κ2) is 4.74. The first-order chi connectivity index (χ1) is 10.3. The van der Waals surface area contributed by atoms with Crippen LogP contribution >= 0.6 is 0 Å². The van der Waals surface area contributed by atoms with Gasteiger partial charge in [0.05, 0.1) is 11.7 Å². The van der Waals surface area contributed by atoms with Crippen LogP contribution in [0.15, 0.2) is 60.9 Å². The monoisotopic (exact) mass is 277 g/mol. The molecule has 0 aliphatic carbocycles. The van der Waals surface area contributed by atoms with Crippen molar-refractivity contribution in [2.45, 2.75) is 18.4 Å². The summed E-state index contributed by atoms with van der Waals surface area (Å²) in [6, 6.07) is 16.0. The summed E-state index contributed by atoms with van der Waals surface area (Å²) in [7, 11) is 0. The molecule has 1 aromatic carbocycles. The molecule has 104 valence electrons. The first kappa shape index (κ1) is 12.1.